The monoisotopic (exact) mass is 436 g/mol. The number of ether oxygens (including phenoxy) is 2. The molecule has 5 rings (SSSR count). The van der Waals surface area contributed by atoms with Gasteiger partial charge in [0.15, 0.2) is 11.5 Å². The lowest BCUT2D eigenvalue weighted by Gasteiger charge is -2.46. The Morgan fingerprint density at radius 3 is 2.77 bits per heavy atom. The molecule has 3 aliphatic rings. The van der Waals surface area contributed by atoms with Crippen LogP contribution in [0.1, 0.15) is 30.4 Å². The number of hydrogen-bond donors (Lipinski definition) is 1. The number of amides is 1. The van der Waals surface area contributed by atoms with Gasteiger partial charge in [-0.15, -0.1) is 0 Å². The summed E-state index contributed by atoms with van der Waals surface area (Å²) in [5.41, 5.74) is 7.01. The Bertz CT molecular complexity index is 1170. The molecule has 2 atom stereocenters. The SMILES string of the molecule is CN1C(=O)C2(CC3(CCCOC3)Oc3ccc(-c4cc(Cl)cc(C#N)c4)cc32)N=C1N. The highest BCUT2D eigenvalue weighted by Gasteiger charge is 2.58. The van der Waals surface area contributed by atoms with Crippen LogP contribution in [0.15, 0.2) is 41.4 Å². The summed E-state index contributed by atoms with van der Waals surface area (Å²) in [6, 6.07) is 12.9. The summed E-state index contributed by atoms with van der Waals surface area (Å²) in [6.45, 7) is 1.08. The number of nitrogens with zero attached hydrogens (tertiary/aromatic N) is 3. The van der Waals surface area contributed by atoms with Gasteiger partial charge in [0.05, 0.1) is 18.2 Å². The Labute approximate surface area is 185 Å². The predicted molar refractivity (Wildman–Crippen MR) is 116 cm³/mol. The van der Waals surface area contributed by atoms with Crippen LogP contribution in [0.5, 0.6) is 5.75 Å². The smallest absolute Gasteiger partial charge is 0.261 e. The fraction of sp³-hybridized carbons (Fsp3) is 0.348. The first-order valence-corrected chi connectivity index (χ1v) is 10.5. The molecule has 0 radical (unpaired) electrons. The Balaban J connectivity index is 1.69. The van der Waals surface area contributed by atoms with Crippen molar-refractivity contribution in [3.8, 4) is 22.9 Å². The van der Waals surface area contributed by atoms with E-state index in [-0.39, 0.29) is 11.9 Å². The van der Waals surface area contributed by atoms with Gasteiger partial charge in [0.25, 0.3) is 5.91 Å². The second-order valence-corrected chi connectivity index (χ2v) is 8.80. The fourth-order valence-corrected chi connectivity index (χ4v) is 5.05. The zero-order valence-corrected chi connectivity index (χ0v) is 17.8. The quantitative estimate of drug-likeness (QED) is 0.739. The molecule has 7 nitrogen and oxygen atoms in total. The Morgan fingerprint density at radius 1 is 1.26 bits per heavy atom. The molecule has 0 aromatic heterocycles. The third-order valence-electron chi connectivity index (χ3n) is 6.28. The molecule has 8 heteroatoms. The number of hydrogen-bond acceptors (Lipinski definition) is 6. The van der Waals surface area contributed by atoms with Crippen LogP contribution in [0, 0.1) is 11.3 Å². The summed E-state index contributed by atoms with van der Waals surface area (Å²) in [5.74, 6) is 0.605. The van der Waals surface area contributed by atoms with Crippen LogP contribution >= 0.6 is 11.6 Å². The number of likely N-dealkylation sites (N-methyl/N-ethyl adjacent to an activating group) is 1. The van der Waals surface area contributed by atoms with Gasteiger partial charge >= 0.3 is 0 Å². The molecule has 3 aliphatic heterocycles. The number of carbonyl (C=O) groups is 1. The van der Waals surface area contributed by atoms with Crippen molar-refractivity contribution in [2.45, 2.75) is 30.4 Å². The van der Waals surface area contributed by atoms with Gasteiger partial charge in [0, 0.05) is 30.7 Å². The summed E-state index contributed by atoms with van der Waals surface area (Å²) in [6.07, 6.45) is 1.99. The minimum Gasteiger partial charge on any atom is -0.484 e. The van der Waals surface area contributed by atoms with Gasteiger partial charge in [0.1, 0.15) is 11.4 Å². The first kappa shape index (κ1) is 19.9. The molecule has 1 fully saturated rings. The average Bonchev–Trinajstić information content (AvgIpc) is 2.97. The molecule has 1 saturated heterocycles. The molecular weight excluding hydrogens is 416 g/mol. The molecule has 31 heavy (non-hydrogen) atoms. The summed E-state index contributed by atoms with van der Waals surface area (Å²) in [5, 5.41) is 9.77. The minimum atomic E-state index is -1.17. The number of nitriles is 1. The molecule has 0 bridgehead atoms. The van der Waals surface area contributed by atoms with Crippen molar-refractivity contribution < 1.29 is 14.3 Å². The molecular formula is C23H21ClN4O3. The number of benzene rings is 2. The highest BCUT2D eigenvalue weighted by molar-refractivity contribution is 6.31. The standard InChI is InChI=1S/C23H21ClN4O3/c1-28-20(29)23(27-21(28)26)12-22(5-2-6-30-13-22)31-19-4-3-15(10-18(19)23)16-7-14(11-25)8-17(24)9-16/h3-4,7-10H,2,5-6,12-13H2,1H3,(H2,26,27). The molecule has 2 aromatic carbocycles. The summed E-state index contributed by atoms with van der Waals surface area (Å²) >= 11 is 6.21. The third kappa shape index (κ3) is 3.06. The normalized spacial score (nSPS) is 27.1. The Morgan fingerprint density at radius 2 is 2.10 bits per heavy atom. The summed E-state index contributed by atoms with van der Waals surface area (Å²) in [7, 11) is 1.63. The van der Waals surface area contributed by atoms with E-state index in [1.54, 1.807) is 25.2 Å². The van der Waals surface area contributed by atoms with E-state index in [0.29, 0.717) is 41.5 Å². The lowest BCUT2D eigenvalue weighted by atomic mass is 9.74. The zero-order valence-electron chi connectivity index (χ0n) is 17.0. The van der Waals surface area contributed by atoms with Gasteiger partial charge in [0.2, 0.25) is 0 Å². The minimum absolute atomic E-state index is 0.180. The van der Waals surface area contributed by atoms with Crippen LogP contribution in [-0.2, 0) is 15.1 Å². The highest BCUT2D eigenvalue weighted by atomic mass is 35.5. The molecule has 2 spiro atoms. The van der Waals surface area contributed by atoms with Crippen molar-refractivity contribution in [1.82, 2.24) is 4.90 Å². The second-order valence-electron chi connectivity index (χ2n) is 8.36. The van der Waals surface area contributed by atoms with Gasteiger partial charge in [-0.1, -0.05) is 17.7 Å². The van der Waals surface area contributed by atoms with Gasteiger partial charge in [-0.2, -0.15) is 5.26 Å². The summed E-state index contributed by atoms with van der Waals surface area (Å²) in [4.78, 5) is 19.5. The Kier molecular flexibility index (Phi) is 4.47. The van der Waals surface area contributed by atoms with Crippen molar-refractivity contribution in [2.24, 2.45) is 10.7 Å². The maximum absolute atomic E-state index is 13.5. The van der Waals surface area contributed by atoms with Gasteiger partial charge in [-0.25, -0.2) is 4.99 Å². The number of halogens is 1. The maximum atomic E-state index is 13.5. The first-order valence-electron chi connectivity index (χ1n) is 10.1. The van der Waals surface area contributed by atoms with E-state index >= 15 is 0 Å². The number of fused-ring (bicyclic) bond motifs is 2. The van der Waals surface area contributed by atoms with Gasteiger partial charge in [-0.3, -0.25) is 9.69 Å². The Hall–Kier alpha value is -3.08. The number of carbonyl (C=O) groups excluding carboxylic acids is 1. The first-order chi connectivity index (χ1) is 14.9. The third-order valence-corrected chi connectivity index (χ3v) is 6.50. The van der Waals surface area contributed by atoms with Crippen LogP contribution in [-0.4, -0.2) is 42.6 Å². The molecule has 2 N–H and O–H groups in total. The van der Waals surface area contributed by atoms with Crippen LogP contribution in [0.4, 0.5) is 0 Å². The van der Waals surface area contributed by atoms with Crippen LogP contribution in [0.25, 0.3) is 11.1 Å². The van der Waals surface area contributed by atoms with Crippen molar-refractivity contribution in [2.75, 3.05) is 20.3 Å². The molecule has 0 saturated carbocycles. The van der Waals surface area contributed by atoms with Crippen molar-refractivity contribution in [1.29, 1.82) is 5.26 Å². The number of aliphatic imine (C=N–C) groups is 1. The molecule has 3 heterocycles. The molecule has 2 unspecified atom stereocenters. The highest BCUT2D eigenvalue weighted by Crippen LogP contribution is 2.51. The van der Waals surface area contributed by atoms with Crippen LogP contribution < -0.4 is 10.5 Å². The molecule has 0 aliphatic carbocycles. The number of rotatable bonds is 1. The number of guanidine groups is 1. The van der Waals surface area contributed by atoms with Crippen LogP contribution in [0.2, 0.25) is 5.02 Å². The zero-order chi connectivity index (χ0) is 21.8. The van der Waals surface area contributed by atoms with E-state index in [0.717, 1.165) is 24.0 Å². The van der Waals surface area contributed by atoms with E-state index in [1.165, 1.54) is 4.90 Å². The van der Waals surface area contributed by atoms with Crippen molar-refractivity contribution in [3.05, 3.63) is 52.5 Å². The second kappa shape index (κ2) is 6.98. The van der Waals surface area contributed by atoms with E-state index in [1.807, 2.05) is 18.2 Å². The molecule has 158 valence electrons. The predicted octanol–water partition coefficient (Wildman–Crippen LogP) is 3.19. The van der Waals surface area contributed by atoms with Gasteiger partial charge in [-0.05, 0) is 54.3 Å². The summed E-state index contributed by atoms with van der Waals surface area (Å²) < 4.78 is 12.2. The van der Waals surface area contributed by atoms with Gasteiger partial charge < -0.3 is 15.2 Å². The molecule has 2 aromatic rings. The fourth-order valence-electron chi connectivity index (χ4n) is 4.81. The largest absolute Gasteiger partial charge is 0.484 e. The lowest BCUT2D eigenvalue weighted by Crippen LogP contribution is -2.55. The van der Waals surface area contributed by atoms with E-state index in [2.05, 4.69) is 11.1 Å². The molecule has 1 amide bonds. The van der Waals surface area contributed by atoms with Crippen LogP contribution in [0.3, 0.4) is 0 Å². The topological polar surface area (TPSA) is 101 Å². The van der Waals surface area contributed by atoms with E-state index in [9.17, 15) is 10.1 Å². The van der Waals surface area contributed by atoms with E-state index in [4.69, 9.17) is 26.8 Å². The van der Waals surface area contributed by atoms with E-state index < -0.39 is 11.1 Å². The number of nitrogens with two attached hydrogens (primary N) is 1. The van der Waals surface area contributed by atoms with Crippen molar-refractivity contribution in [3.63, 3.8) is 0 Å². The maximum Gasteiger partial charge on any atom is 0.261 e. The lowest BCUT2D eigenvalue weighted by molar-refractivity contribution is -0.139. The van der Waals surface area contributed by atoms with Crippen molar-refractivity contribution >= 4 is 23.5 Å². The average molecular weight is 437 g/mol.